The fourth-order valence-corrected chi connectivity index (χ4v) is 3.72. The van der Waals surface area contributed by atoms with E-state index in [0.29, 0.717) is 0 Å². The summed E-state index contributed by atoms with van der Waals surface area (Å²) in [4.78, 5) is 11.5. The summed E-state index contributed by atoms with van der Waals surface area (Å²) in [6, 6.07) is 2.37. The molecule has 18 heavy (non-hydrogen) atoms. The van der Waals surface area contributed by atoms with Gasteiger partial charge in [0.1, 0.15) is 0 Å². The van der Waals surface area contributed by atoms with Gasteiger partial charge in [-0.3, -0.25) is 0 Å². The van der Waals surface area contributed by atoms with Crippen LogP contribution >= 0.6 is 38.2 Å². The molecule has 8 heteroatoms. The molecule has 1 aromatic carbocycles. The van der Waals surface area contributed by atoms with Gasteiger partial charge in [0.25, 0.3) is 9.05 Å². The number of rotatable bonds is 3. The molecule has 0 aliphatic rings. The largest absolute Gasteiger partial charge is 0.459 e. The molecule has 1 rings (SSSR count). The Hall–Kier alpha value is -0.300. The number of hydrogen-bond donors (Lipinski definition) is 0. The normalized spacial score (nSPS) is 11.7. The van der Waals surface area contributed by atoms with Gasteiger partial charge in [-0.2, -0.15) is 0 Å². The van der Waals surface area contributed by atoms with Crippen LogP contribution in [0.5, 0.6) is 0 Å². The van der Waals surface area contributed by atoms with Gasteiger partial charge < -0.3 is 4.74 Å². The summed E-state index contributed by atoms with van der Waals surface area (Å²) in [6.45, 7) is 3.34. The SMILES string of the molecule is CC(C)OC(=O)c1cc(S(=O)(=O)Cl)c(Br)cc1Cl. The lowest BCUT2D eigenvalue weighted by Gasteiger charge is -2.10. The van der Waals surface area contributed by atoms with E-state index in [-0.39, 0.29) is 26.1 Å². The third-order valence-corrected chi connectivity index (χ3v) is 4.44. The highest BCUT2D eigenvalue weighted by Gasteiger charge is 2.21. The quantitative estimate of drug-likeness (QED) is 0.598. The zero-order valence-electron chi connectivity index (χ0n) is 9.41. The van der Waals surface area contributed by atoms with Crippen molar-refractivity contribution in [3.05, 3.63) is 27.2 Å². The topological polar surface area (TPSA) is 60.4 Å². The van der Waals surface area contributed by atoms with Crippen LogP contribution in [-0.4, -0.2) is 20.5 Å². The van der Waals surface area contributed by atoms with Gasteiger partial charge >= 0.3 is 5.97 Å². The molecular formula is C10H9BrCl2O4S. The van der Waals surface area contributed by atoms with Gasteiger partial charge in [0, 0.05) is 15.2 Å². The lowest BCUT2D eigenvalue weighted by Crippen LogP contribution is -2.12. The minimum atomic E-state index is -3.98. The summed E-state index contributed by atoms with van der Waals surface area (Å²) < 4.78 is 27.7. The second kappa shape index (κ2) is 5.77. The molecule has 0 aromatic heterocycles. The summed E-state index contributed by atoms with van der Waals surface area (Å²) in [5, 5.41) is 0.0802. The number of halogens is 3. The first kappa shape index (κ1) is 15.8. The van der Waals surface area contributed by atoms with Gasteiger partial charge in [-0.05, 0) is 41.9 Å². The van der Waals surface area contributed by atoms with Crippen molar-refractivity contribution in [2.45, 2.75) is 24.8 Å². The number of esters is 1. The molecule has 0 spiro atoms. The smallest absolute Gasteiger partial charge is 0.339 e. The Balaban J connectivity index is 3.34. The summed E-state index contributed by atoms with van der Waals surface area (Å²) in [5.74, 6) is -0.705. The van der Waals surface area contributed by atoms with Gasteiger partial charge in [0.05, 0.1) is 21.6 Å². The number of ether oxygens (including phenoxy) is 1. The number of carbonyl (C=O) groups excluding carboxylic acids is 1. The van der Waals surface area contributed by atoms with Crippen LogP contribution in [0, 0.1) is 0 Å². The molecule has 0 bridgehead atoms. The maximum atomic E-state index is 11.7. The Morgan fingerprint density at radius 3 is 2.39 bits per heavy atom. The predicted molar refractivity (Wildman–Crippen MR) is 72.7 cm³/mol. The zero-order chi connectivity index (χ0) is 14.1. The van der Waals surface area contributed by atoms with Gasteiger partial charge in [0.2, 0.25) is 0 Å². The van der Waals surface area contributed by atoms with Crippen molar-refractivity contribution >= 4 is 53.2 Å². The van der Waals surface area contributed by atoms with Crippen LogP contribution in [0.15, 0.2) is 21.5 Å². The van der Waals surface area contributed by atoms with E-state index < -0.39 is 15.0 Å². The van der Waals surface area contributed by atoms with Gasteiger partial charge in [-0.25, -0.2) is 13.2 Å². The molecular weight excluding hydrogens is 367 g/mol. The first-order valence-electron chi connectivity index (χ1n) is 4.77. The monoisotopic (exact) mass is 374 g/mol. The average molecular weight is 376 g/mol. The first-order chi connectivity index (χ1) is 8.12. The molecule has 0 aliphatic heterocycles. The fourth-order valence-electron chi connectivity index (χ4n) is 1.15. The van der Waals surface area contributed by atoms with E-state index in [4.69, 9.17) is 27.0 Å². The summed E-state index contributed by atoms with van der Waals surface area (Å²) >= 11 is 8.88. The van der Waals surface area contributed by atoms with Crippen molar-refractivity contribution in [2.24, 2.45) is 0 Å². The zero-order valence-corrected chi connectivity index (χ0v) is 13.3. The van der Waals surface area contributed by atoms with Crippen molar-refractivity contribution in [2.75, 3.05) is 0 Å². The van der Waals surface area contributed by atoms with Crippen molar-refractivity contribution in [3.8, 4) is 0 Å². The van der Waals surface area contributed by atoms with Crippen LogP contribution in [0.1, 0.15) is 24.2 Å². The third kappa shape index (κ3) is 3.85. The number of carbonyl (C=O) groups is 1. The van der Waals surface area contributed by atoms with Crippen molar-refractivity contribution in [1.29, 1.82) is 0 Å². The molecule has 0 amide bonds. The molecule has 0 saturated carbocycles. The van der Waals surface area contributed by atoms with Crippen molar-refractivity contribution in [3.63, 3.8) is 0 Å². The lowest BCUT2D eigenvalue weighted by atomic mass is 10.2. The van der Waals surface area contributed by atoms with Gasteiger partial charge in [0.15, 0.2) is 0 Å². The highest BCUT2D eigenvalue weighted by Crippen LogP contribution is 2.31. The molecule has 4 nitrogen and oxygen atoms in total. The molecule has 0 fully saturated rings. The van der Waals surface area contributed by atoms with Crippen LogP contribution in [0.25, 0.3) is 0 Å². The van der Waals surface area contributed by atoms with E-state index in [1.165, 1.54) is 6.07 Å². The lowest BCUT2D eigenvalue weighted by molar-refractivity contribution is 0.0378. The molecule has 0 unspecified atom stereocenters. The molecule has 0 radical (unpaired) electrons. The van der Waals surface area contributed by atoms with Crippen molar-refractivity contribution in [1.82, 2.24) is 0 Å². The summed E-state index contributed by atoms with van der Waals surface area (Å²) in [5.41, 5.74) is -0.0483. The Labute approximate surface area is 123 Å². The molecule has 1 aromatic rings. The molecule has 0 aliphatic carbocycles. The van der Waals surface area contributed by atoms with Gasteiger partial charge in [-0.15, -0.1) is 0 Å². The van der Waals surface area contributed by atoms with Crippen LogP contribution in [-0.2, 0) is 13.8 Å². The van der Waals surface area contributed by atoms with Crippen LogP contribution in [0.2, 0.25) is 5.02 Å². The molecule has 0 saturated heterocycles. The van der Waals surface area contributed by atoms with E-state index in [1.807, 2.05) is 0 Å². The molecule has 0 N–H and O–H groups in total. The highest BCUT2D eigenvalue weighted by atomic mass is 79.9. The van der Waals surface area contributed by atoms with E-state index >= 15 is 0 Å². The minimum Gasteiger partial charge on any atom is -0.459 e. The van der Waals surface area contributed by atoms with Crippen LogP contribution < -0.4 is 0 Å². The van der Waals surface area contributed by atoms with Gasteiger partial charge in [-0.1, -0.05) is 11.6 Å². The summed E-state index contributed by atoms with van der Waals surface area (Å²) in [6.07, 6.45) is -0.340. The molecule has 100 valence electrons. The Morgan fingerprint density at radius 1 is 1.39 bits per heavy atom. The second-order valence-electron chi connectivity index (χ2n) is 3.65. The first-order valence-corrected chi connectivity index (χ1v) is 8.25. The van der Waals surface area contributed by atoms with Crippen molar-refractivity contribution < 1.29 is 17.9 Å². The summed E-state index contributed by atoms with van der Waals surface area (Å²) in [7, 11) is 1.27. The highest BCUT2D eigenvalue weighted by molar-refractivity contribution is 9.10. The maximum Gasteiger partial charge on any atom is 0.339 e. The molecule has 0 atom stereocenters. The van der Waals surface area contributed by atoms with Crippen LogP contribution in [0.4, 0.5) is 0 Å². The number of hydrogen-bond acceptors (Lipinski definition) is 4. The maximum absolute atomic E-state index is 11.7. The third-order valence-electron chi connectivity index (χ3n) is 1.85. The average Bonchev–Trinajstić information content (AvgIpc) is 2.13. The Bertz CT molecular complexity index is 584. The van der Waals surface area contributed by atoms with E-state index in [2.05, 4.69) is 15.9 Å². The number of benzene rings is 1. The molecule has 0 heterocycles. The van der Waals surface area contributed by atoms with E-state index in [1.54, 1.807) is 13.8 Å². The van der Waals surface area contributed by atoms with E-state index in [0.717, 1.165) is 6.07 Å². The Kier molecular flexibility index (Phi) is 5.05. The fraction of sp³-hybridized carbons (Fsp3) is 0.300. The standard InChI is InChI=1S/C10H9BrCl2O4S/c1-5(2)17-10(14)6-3-9(18(13,15)16)7(11)4-8(6)12/h3-5H,1-2H3. The van der Waals surface area contributed by atoms with E-state index in [9.17, 15) is 13.2 Å². The minimum absolute atomic E-state index is 0.0483. The van der Waals surface area contributed by atoms with Crippen LogP contribution in [0.3, 0.4) is 0 Å². The second-order valence-corrected chi connectivity index (χ2v) is 7.45. The Morgan fingerprint density at radius 2 is 1.94 bits per heavy atom. The predicted octanol–water partition coefficient (Wildman–Crippen LogP) is 3.60.